The Morgan fingerprint density at radius 3 is 2.67 bits per heavy atom. The lowest BCUT2D eigenvalue weighted by atomic mass is 10.1. The average molecular weight is 293 g/mol. The summed E-state index contributed by atoms with van der Waals surface area (Å²) in [6.07, 6.45) is 5.43. The quantitative estimate of drug-likeness (QED) is 0.592. The zero-order valence-electron chi connectivity index (χ0n) is 13.8. The van der Waals surface area contributed by atoms with E-state index in [2.05, 4.69) is 39.4 Å². The topological polar surface area (TPSA) is 42.9 Å². The van der Waals surface area contributed by atoms with Gasteiger partial charge in [0, 0.05) is 44.8 Å². The largest absolute Gasteiger partial charge is 0.355 e. The zero-order chi connectivity index (χ0) is 14.8. The van der Waals surface area contributed by atoms with E-state index in [1.54, 1.807) is 0 Å². The predicted molar refractivity (Wildman–Crippen MR) is 87.7 cm³/mol. The Hall–Kier alpha value is -0.810. The van der Waals surface area contributed by atoms with E-state index in [0.717, 1.165) is 18.5 Å². The molecule has 1 aliphatic carbocycles. The van der Waals surface area contributed by atoms with E-state index in [0.29, 0.717) is 18.0 Å². The minimum atomic E-state index is 0.540. The molecule has 0 amide bonds. The molecule has 3 unspecified atom stereocenters. The van der Waals surface area contributed by atoms with Crippen molar-refractivity contribution in [3.8, 4) is 0 Å². The van der Waals surface area contributed by atoms with E-state index in [1.807, 2.05) is 7.05 Å². The van der Waals surface area contributed by atoms with Crippen LogP contribution < -0.4 is 10.6 Å². The Kier molecular flexibility index (Phi) is 4.69. The first-order valence-corrected chi connectivity index (χ1v) is 8.59. The van der Waals surface area contributed by atoms with Crippen LogP contribution in [0.1, 0.15) is 32.6 Å². The number of likely N-dealkylation sites (N-methyl/N-ethyl adjacent to an activating group) is 1. The molecule has 0 aromatic heterocycles. The fourth-order valence-corrected chi connectivity index (χ4v) is 3.75. The van der Waals surface area contributed by atoms with Crippen LogP contribution in [-0.4, -0.2) is 74.2 Å². The van der Waals surface area contributed by atoms with Crippen LogP contribution in [0.25, 0.3) is 0 Å². The molecule has 120 valence electrons. The van der Waals surface area contributed by atoms with Crippen molar-refractivity contribution in [3.63, 3.8) is 0 Å². The number of aliphatic imine (C=N–C) groups is 1. The van der Waals surface area contributed by atoms with Gasteiger partial charge in [0.05, 0.1) is 0 Å². The third kappa shape index (κ3) is 3.69. The molecule has 0 spiro atoms. The standard InChI is InChI=1S/C16H31N5/c1-12-10-21(13-6-7-13)11-15(12)19-16(17-2)18-9-14-5-4-8-20(14)3/h12-15H,4-11H2,1-3H3,(H2,17,18,19). The fraction of sp³-hybridized carbons (Fsp3) is 0.938. The van der Waals surface area contributed by atoms with Gasteiger partial charge in [-0.1, -0.05) is 6.92 Å². The average Bonchev–Trinajstić information content (AvgIpc) is 3.15. The lowest BCUT2D eigenvalue weighted by molar-refractivity contribution is 0.308. The molecule has 21 heavy (non-hydrogen) atoms. The van der Waals surface area contributed by atoms with Crippen LogP contribution in [0.4, 0.5) is 0 Å². The highest BCUT2D eigenvalue weighted by Gasteiger charge is 2.38. The van der Waals surface area contributed by atoms with Gasteiger partial charge in [0.15, 0.2) is 5.96 Å². The van der Waals surface area contributed by atoms with Gasteiger partial charge in [-0.05, 0) is 45.2 Å². The minimum absolute atomic E-state index is 0.540. The molecular formula is C16H31N5. The van der Waals surface area contributed by atoms with Gasteiger partial charge < -0.3 is 15.5 Å². The van der Waals surface area contributed by atoms with Crippen LogP contribution in [0.3, 0.4) is 0 Å². The molecule has 0 radical (unpaired) electrons. The normalized spacial score (nSPS) is 35.4. The van der Waals surface area contributed by atoms with Crippen molar-refractivity contribution in [3.05, 3.63) is 0 Å². The van der Waals surface area contributed by atoms with Crippen LogP contribution in [0.2, 0.25) is 0 Å². The van der Waals surface area contributed by atoms with Gasteiger partial charge in [-0.2, -0.15) is 0 Å². The highest BCUT2D eigenvalue weighted by molar-refractivity contribution is 5.80. The van der Waals surface area contributed by atoms with Gasteiger partial charge in [-0.25, -0.2) is 0 Å². The van der Waals surface area contributed by atoms with Crippen LogP contribution in [0.5, 0.6) is 0 Å². The maximum atomic E-state index is 4.41. The van der Waals surface area contributed by atoms with E-state index in [9.17, 15) is 0 Å². The third-order valence-corrected chi connectivity index (χ3v) is 5.43. The minimum Gasteiger partial charge on any atom is -0.355 e. The van der Waals surface area contributed by atoms with Crippen LogP contribution in [0.15, 0.2) is 4.99 Å². The Balaban J connectivity index is 1.45. The van der Waals surface area contributed by atoms with Crippen molar-refractivity contribution in [1.29, 1.82) is 0 Å². The number of hydrogen-bond acceptors (Lipinski definition) is 3. The highest BCUT2D eigenvalue weighted by Crippen LogP contribution is 2.31. The smallest absolute Gasteiger partial charge is 0.191 e. The molecule has 5 heteroatoms. The van der Waals surface area contributed by atoms with E-state index in [4.69, 9.17) is 0 Å². The van der Waals surface area contributed by atoms with Crippen molar-refractivity contribution >= 4 is 5.96 Å². The van der Waals surface area contributed by atoms with Gasteiger partial charge >= 0.3 is 0 Å². The molecule has 2 heterocycles. The van der Waals surface area contributed by atoms with E-state index in [1.165, 1.54) is 45.3 Å². The molecule has 2 saturated heterocycles. The van der Waals surface area contributed by atoms with E-state index in [-0.39, 0.29) is 0 Å². The SMILES string of the molecule is CN=C(NCC1CCCN1C)NC1CN(C2CC2)CC1C. The number of likely N-dealkylation sites (tertiary alicyclic amines) is 2. The van der Waals surface area contributed by atoms with Crippen molar-refractivity contribution in [2.24, 2.45) is 10.9 Å². The molecule has 3 fully saturated rings. The van der Waals surface area contributed by atoms with Crippen LogP contribution >= 0.6 is 0 Å². The summed E-state index contributed by atoms with van der Waals surface area (Å²) in [4.78, 5) is 9.52. The van der Waals surface area contributed by atoms with Crippen molar-refractivity contribution in [1.82, 2.24) is 20.4 Å². The second-order valence-corrected chi connectivity index (χ2v) is 7.14. The summed E-state index contributed by atoms with van der Waals surface area (Å²) in [5.41, 5.74) is 0. The predicted octanol–water partition coefficient (Wildman–Crippen LogP) is 0.728. The second-order valence-electron chi connectivity index (χ2n) is 7.14. The second kappa shape index (κ2) is 6.53. The summed E-state index contributed by atoms with van der Waals surface area (Å²) < 4.78 is 0. The van der Waals surface area contributed by atoms with Gasteiger partial charge in [0.25, 0.3) is 0 Å². The van der Waals surface area contributed by atoms with Crippen molar-refractivity contribution in [2.75, 3.05) is 40.3 Å². The molecular weight excluding hydrogens is 262 g/mol. The first kappa shape index (κ1) is 15.1. The molecule has 3 aliphatic rings. The number of hydrogen-bond donors (Lipinski definition) is 2. The molecule has 0 bridgehead atoms. The summed E-state index contributed by atoms with van der Waals surface area (Å²) in [5, 5.41) is 7.17. The van der Waals surface area contributed by atoms with Gasteiger partial charge in [0.1, 0.15) is 0 Å². The highest BCUT2D eigenvalue weighted by atomic mass is 15.3. The molecule has 2 aliphatic heterocycles. The summed E-state index contributed by atoms with van der Waals surface area (Å²) in [5.74, 6) is 1.68. The first-order valence-electron chi connectivity index (χ1n) is 8.59. The monoisotopic (exact) mass is 293 g/mol. The lowest BCUT2D eigenvalue weighted by Crippen LogP contribution is -2.49. The Morgan fingerprint density at radius 1 is 1.24 bits per heavy atom. The van der Waals surface area contributed by atoms with Gasteiger partial charge in [-0.15, -0.1) is 0 Å². The zero-order valence-corrected chi connectivity index (χ0v) is 13.8. The summed E-state index contributed by atoms with van der Waals surface area (Å²) in [6.45, 7) is 7.01. The third-order valence-electron chi connectivity index (χ3n) is 5.43. The molecule has 5 nitrogen and oxygen atoms in total. The number of nitrogens with one attached hydrogen (secondary N) is 2. The number of rotatable bonds is 4. The maximum Gasteiger partial charge on any atom is 0.191 e. The summed E-state index contributed by atoms with van der Waals surface area (Å²) in [6, 6.07) is 2.08. The Labute approximate surface area is 129 Å². The first-order chi connectivity index (χ1) is 10.2. The molecule has 0 aromatic carbocycles. The van der Waals surface area contributed by atoms with Crippen LogP contribution in [-0.2, 0) is 0 Å². The summed E-state index contributed by atoms with van der Waals surface area (Å²) >= 11 is 0. The molecule has 0 aromatic rings. The molecule has 2 N–H and O–H groups in total. The van der Waals surface area contributed by atoms with E-state index >= 15 is 0 Å². The fourth-order valence-electron chi connectivity index (χ4n) is 3.75. The Morgan fingerprint density at radius 2 is 2.05 bits per heavy atom. The van der Waals surface area contributed by atoms with Gasteiger partial charge in [-0.3, -0.25) is 9.89 Å². The maximum absolute atomic E-state index is 4.41. The number of nitrogens with zero attached hydrogens (tertiary/aromatic N) is 3. The van der Waals surface area contributed by atoms with Crippen molar-refractivity contribution < 1.29 is 0 Å². The van der Waals surface area contributed by atoms with Crippen molar-refractivity contribution in [2.45, 2.75) is 50.7 Å². The lowest BCUT2D eigenvalue weighted by Gasteiger charge is -2.24. The molecule has 3 rings (SSSR count). The molecule has 3 atom stereocenters. The Bertz CT molecular complexity index is 379. The number of guanidine groups is 1. The van der Waals surface area contributed by atoms with Crippen LogP contribution in [0, 0.1) is 5.92 Å². The molecule has 1 saturated carbocycles. The van der Waals surface area contributed by atoms with E-state index < -0.39 is 0 Å². The summed E-state index contributed by atoms with van der Waals surface area (Å²) in [7, 11) is 4.11. The van der Waals surface area contributed by atoms with Gasteiger partial charge in [0.2, 0.25) is 0 Å².